The van der Waals surface area contributed by atoms with Crippen LogP contribution < -0.4 is 0 Å². The fourth-order valence-corrected chi connectivity index (χ4v) is 2.68. The molecule has 1 fully saturated rings. The molecule has 1 aromatic carbocycles. The van der Waals surface area contributed by atoms with E-state index in [4.69, 9.17) is 0 Å². The number of hydrogen-bond donors (Lipinski definition) is 0. The molecule has 2 rings (SSSR count). The number of likely N-dealkylation sites (tertiary alicyclic amines) is 1. The minimum Gasteiger partial charge on any atom is -0.338 e. The van der Waals surface area contributed by atoms with Crippen molar-refractivity contribution in [1.82, 2.24) is 4.90 Å². The highest BCUT2D eigenvalue weighted by molar-refractivity contribution is 9.09. The van der Waals surface area contributed by atoms with Gasteiger partial charge in [0, 0.05) is 18.4 Å². The number of halogens is 3. The van der Waals surface area contributed by atoms with Gasteiger partial charge in [0.2, 0.25) is 0 Å². The molecule has 98 valence electrons. The highest BCUT2D eigenvalue weighted by Crippen LogP contribution is 2.23. The van der Waals surface area contributed by atoms with Crippen LogP contribution in [0.4, 0.5) is 8.78 Å². The molecular weight excluding hydrogens is 304 g/mol. The van der Waals surface area contributed by atoms with E-state index in [0.717, 1.165) is 17.8 Å². The molecule has 0 spiro atoms. The van der Waals surface area contributed by atoms with Crippen LogP contribution in [0.5, 0.6) is 0 Å². The van der Waals surface area contributed by atoms with Gasteiger partial charge in [-0.15, -0.1) is 0 Å². The SMILES string of the molecule is Cc1ccc(F)c(C(=O)N2CCC(CBr)C2)c1F. The lowest BCUT2D eigenvalue weighted by molar-refractivity contribution is 0.0778. The molecule has 1 unspecified atom stereocenters. The zero-order valence-electron chi connectivity index (χ0n) is 10.0. The summed E-state index contributed by atoms with van der Waals surface area (Å²) in [6.45, 7) is 2.63. The van der Waals surface area contributed by atoms with Crippen LogP contribution in [0.2, 0.25) is 0 Å². The van der Waals surface area contributed by atoms with E-state index in [1.807, 2.05) is 0 Å². The number of hydrogen-bond acceptors (Lipinski definition) is 1. The summed E-state index contributed by atoms with van der Waals surface area (Å²) >= 11 is 3.36. The number of alkyl halides is 1. The van der Waals surface area contributed by atoms with Crippen LogP contribution in [0.15, 0.2) is 12.1 Å². The predicted molar refractivity (Wildman–Crippen MR) is 68.9 cm³/mol. The summed E-state index contributed by atoms with van der Waals surface area (Å²) in [5.74, 6) is -1.71. The van der Waals surface area contributed by atoms with Gasteiger partial charge < -0.3 is 4.90 Å². The lowest BCUT2D eigenvalue weighted by atomic mass is 10.1. The van der Waals surface area contributed by atoms with Crippen LogP contribution in [-0.2, 0) is 0 Å². The van der Waals surface area contributed by atoms with Gasteiger partial charge in [0.05, 0.1) is 0 Å². The van der Waals surface area contributed by atoms with Crippen molar-refractivity contribution in [1.29, 1.82) is 0 Å². The molecule has 18 heavy (non-hydrogen) atoms. The van der Waals surface area contributed by atoms with Crippen molar-refractivity contribution in [2.75, 3.05) is 18.4 Å². The molecule has 1 atom stereocenters. The van der Waals surface area contributed by atoms with Crippen LogP contribution in [0.1, 0.15) is 22.3 Å². The Morgan fingerprint density at radius 1 is 1.50 bits per heavy atom. The monoisotopic (exact) mass is 317 g/mol. The van der Waals surface area contributed by atoms with Crippen LogP contribution in [-0.4, -0.2) is 29.2 Å². The molecule has 1 aliphatic rings. The maximum absolute atomic E-state index is 13.8. The minimum absolute atomic E-state index is 0.288. The first-order valence-corrected chi connectivity index (χ1v) is 6.96. The summed E-state index contributed by atoms with van der Waals surface area (Å²) in [6.07, 6.45) is 0.867. The molecule has 1 aromatic rings. The number of nitrogens with zero attached hydrogens (tertiary/aromatic N) is 1. The summed E-state index contributed by atoms with van der Waals surface area (Å²) in [5, 5.41) is 0.801. The van der Waals surface area contributed by atoms with Crippen molar-refractivity contribution in [3.8, 4) is 0 Å². The van der Waals surface area contributed by atoms with E-state index < -0.39 is 23.1 Å². The molecule has 0 aromatic heterocycles. The average Bonchev–Trinajstić information content (AvgIpc) is 2.83. The molecule has 1 aliphatic heterocycles. The number of aryl methyl sites for hydroxylation is 1. The molecule has 2 nitrogen and oxygen atoms in total. The summed E-state index contributed by atoms with van der Waals surface area (Å²) in [7, 11) is 0. The Morgan fingerprint density at radius 2 is 2.22 bits per heavy atom. The van der Waals surface area contributed by atoms with Gasteiger partial charge in [0.1, 0.15) is 17.2 Å². The lowest BCUT2D eigenvalue weighted by Gasteiger charge is -2.17. The maximum atomic E-state index is 13.8. The Bertz CT molecular complexity index is 478. The molecule has 0 aliphatic carbocycles. The number of benzene rings is 1. The third kappa shape index (κ3) is 2.41. The summed E-state index contributed by atoms with van der Waals surface area (Å²) < 4.78 is 27.5. The fourth-order valence-electron chi connectivity index (χ4n) is 2.15. The van der Waals surface area contributed by atoms with Gasteiger partial charge in [-0.25, -0.2) is 8.78 Å². The zero-order valence-corrected chi connectivity index (χ0v) is 11.6. The summed E-state index contributed by atoms with van der Waals surface area (Å²) in [6, 6.07) is 2.48. The molecule has 1 saturated heterocycles. The average molecular weight is 318 g/mol. The highest BCUT2D eigenvalue weighted by atomic mass is 79.9. The van der Waals surface area contributed by atoms with Gasteiger partial charge in [-0.2, -0.15) is 0 Å². The van der Waals surface area contributed by atoms with Crippen LogP contribution in [0, 0.1) is 24.5 Å². The molecule has 1 amide bonds. The van der Waals surface area contributed by atoms with Gasteiger partial charge in [0.25, 0.3) is 5.91 Å². The van der Waals surface area contributed by atoms with E-state index in [-0.39, 0.29) is 5.56 Å². The van der Waals surface area contributed by atoms with E-state index in [2.05, 4.69) is 15.9 Å². The predicted octanol–water partition coefficient (Wildman–Crippen LogP) is 3.13. The Hall–Kier alpha value is -0.970. The highest BCUT2D eigenvalue weighted by Gasteiger charge is 2.30. The minimum atomic E-state index is -0.787. The zero-order chi connectivity index (χ0) is 13.3. The third-order valence-electron chi connectivity index (χ3n) is 3.29. The van der Waals surface area contributed by atoms with E-state index in [9.17, 15) is 13.6 Å². The third-order valence-corrected chi connectivity index (χ3v) is 4.21. The number of amides is 1. The van der Waals surface area contributed by atoms with Crippen molar-refractivity contribution in [3.05, 3.63) is 34.9 Å². The van der Waals surface area contributed by atoms with E-state index in [1.54, 1.807) is 0 Å². The molecule has 0 radical (unpaired) electrons. The lowest BCUT2D eigenvalue weighted by Crippen LogP contribution is -2.30. The standard InChI is InChI=1S/C13H14BrF2NO/c1-8-2-3-10(15)11(12(8)16)13(18)17-5-4-9(6-14)7-17/h2-3,9H,4-7H2,1H3. The second-order valence-electron chi connectivity index (χ2n) is 4.61. The van der Waals surface area contributed by atoms with Crippen LogP contribution in [0.3, 0.4) is 0 Å². The van der Waals surface area contributed by atoms with Gasteiger partial charge in [-0.1, -0.05) is 22.0 Å². The normalized spacial score (nSPS) is 19.3. The van der Waals surface area contributed by atoms with Gasteiger partial charge in [0.15, 0.2) is 0 Å². The van der Waals surface area contributed by atoms with E-state index in [0.29, 0.717) is 19.0 Å². The van der Waals surface area contributed by atoms with Crippen molar-refractivity contribution < 1.29 is 13.6 Å². The Kier molecular flexibility index (Phi) is 4.00. The molecule has 0 saturated carbocycles. The quantitative estimate of drug-likeness (QED) is 0.767. The first-order valence-electron chi connectivity index (χ1n) is 5.84. The second kappa shape index (κ2) is 5.34. The summed E-state index contributed by atoms with van der Waals surface area (Å²) in [4.78, 5) is 13.7. The Labute approximate surface area is 113 Å². The number of carbonyl (C=O) groups excluding carboxylic acids is 1. The molecule has 5 heteroatoms. The van der Waals surface area contributed by atoms with Crippen LogP contribution >= 0.6 is 15.9 Å². The van der Waals surface area contributed by atoms with Gasteiger partial charge in [-0.05, 0) is 30.9 Å². The second-order valence-corrected chi connectivity index (χ2v) is 5.26. The van der Waals surface area contributed by atoms with Crippen molar-refractivity contribution in [2.24, 2.45) is 5.92 Å². The van der Waals surface area contributed by atoms with Crippen molar-refractivity contribution >= 4 is 21.8 Å². The molecule has 1 heterocycles. The van der Waals surface area contributed by atoms with Gasteiger partial charge >= 0.3 is 0 Å². The Balaban J connectivity index is 2.27. The fraction of sp³-hybridized carbons (Fsp3) is 0.462. The topological polar surface area (TPSA) is 20.3 Å². The van der Waals surface area contributed by atoms with Gasteiger partial charge in [-0.3, -0.25) is 4.79 Å². The van der Waals surface area contributed by atoms with Crippen LogP contribution in [0.25, 0.3) is 0 Å². The smallest absolute Gasteiger partial charge is 0.259 e. The van der Waals surface area contributed by atoms with Crippen molar-refractivity contribution in [3.63, 3.8) is 0 Å². The largest absolute Gasteiger partial charge is 0.338 e. The first kappa shape index (κ1) is 13.5. The molecular formula is C13H14BrF2NO. The summed E-state index contributed by atoms with van der Waals surface area (Å²) in [5.41, 5.74) is -0.138. The first-order chi connectivity index (χ1) is 8.54. The molecule has 0 N–H and O–H groups in total. The number of carbonyl (C=O) groups is 1. The number of rotatable bonds is 2. The Morgan fingerprint density at radius 3 is 2.83 bits per heavy atom. The van der Waals surface area contributed by atoms with E-state index >= 15 is 0 Å². The molecule has 0 bridgehead atoms. The van der Waals surface area contributed by atoms with E-state index in [1.165, 1.54) is 17.9 Å². The maximum Gasteiger partial charge on any atom is 0.259 e. The van der Waals surface area contributed by atoms with Crippen molar-refractivity contribution in [2.45, 2.75) is 13.3 Å².